The molecule has 0 aliphatic heterocycles. The number of rotatable bonds is 8. The fraction of sp³-hybridized carbons (Fsp3) is 0.533. The van der Waals surface area contributed by atoms with Crippen LogP contribution in [0.4, 0.5) is 22.0 Å². The van der Waals surface area contributed by atoms with Crippen LogP contribution in [0.15, 0.2) is 0 Å². The zero-order valence-corrected chi connectivity index (χ0v) is 16.8. The highest BCUT2D eigenvalue weighted by molar-refractivity contribution is 5.98. The van der Waals surface area contributed by atoms with Crippen molar-refractivity contribution < 1.29 is 45.4 Å². The number of carbonyl (C=O) groups is 1. The molecule has 0 N–H and O–H groups in total. The van der Waals surface area contributed by atoms with E-state index in [1.807, 2.05) is 0 Å². The Balaban J connectivity index is 3.13. The summed E-state index contributed by atoms with van der Waals surface area (Å²) in [4.78, 5) is 11.9. The monoisotopic (exact) mass is 402 g/mol. The summed E-state index contributed by atoms with van der Waals surface area (Å²) in [5.41, 5.74) is -1.71. The third-order valence-corrected chi connectivity index (χ3v) is 3.56. The predicted octanol–water partition coefficient (Wildman–Crippen LogP) is 2.34. The van der Waals surface area contributed by atoms with Gasteiger partial charge in [0.15, 0.2) is 40.4 Å². The Labute approximate surface area is 149 Å². The lowest BCUT2D eigenvalue weighted by Gasteiger charge is -2.35. The molecule has 0 aliphatic carbocycles. The molecule has 0 unspecified atom stereocenters. The maximum absolute atomic E-state index is 13.7. The van der Waals surface area contributed by atoms with Crippen molar-refractivity contribution >= 4 is 16.5 Å². The first kappa shape index (κ1) is 22.5. The summed E-state index contributed by atoms with van der Waals surface area (Å²) in [7, 11) is 0.0708. The van der Waals surface area contributed by atoms with E-state index in [0.717, 1.165) is 0 Å². The van der Waals surface area contributed by atoms with Gasteiger partial charge in [0.2, 0.25) is 5.82 Å². The van der Waals surface area contributed by atoms with E-state index >= 15 is 0 Å². The third kappa shape index (κ3) is 4.99. The zero-order valence-electron chi connectivity index (χ0n) is 14.8. The van der Waals surface area contributed by atoms with Crippen molar-refractivity contribution in [2.75, 3.05) is 6.61 Å². The Morgan fingerprint density at radius 2 is 1.27 bits per heavy atom. The summed E-state index contributed by atoms with van der Waals surface area (Å²) in [5, 5.41) is 0. The predicted molar refractivity (Wildman–Crippen MR) is 82.7 cm³/mol. The Hall–Kier alpha value is -1.56. The number of benzene rings is 1. The van der Waals surface area contributed by atoms with E-state index in [4.69, 9.17) is 13.9 Å². The molecule has 0 radical (unpaired) electrons. The maximum Gasteiger partial charge on any atom is 0.344 e. The number of ether oxygens (including phenoxy) is 3. The minimum atomic E-state index is -2.37. The summed E-state index contributed by atoms with van der Waals surface area (Å²) >= 11 is 0. The molecule has 26 heavy (non-hydrogen) atoms. The second kappa shape index (κ2) is 8.89. The van der Waals surface area contributed by atoms with Crippen LogP contribution in [-0.2, 0) is 18.6 Å². The van der Waals surface area contributed by atoms with E-state index in [0.29, 0.717) is 0 Å². The molecule has 0 saturated heterocycles. The van der Waals surface area contributed by atoms with Crippen LogP contribution in [0.25, 0.3) is 0 Å². The molecule has 0 amide bonds. The lowest BCUT2D eigenvalue weighted by atomic mass is 10.1. The van der Waals surface area contributed by atoms with Gasteiger partial charge in [0, 0.05) is 0 Å². The van der Waals surface area contributed by atoms with Crippen LogP contribution in [-0.4, -0.2) is 41.2 Å². The average Bonchev–Trinajstić information content (AvgIpc) is 2.55. The van der Waals surface area contributed by atoms with Gasteiger partial charge in [0.05, 0.1) is 12.2 Å². The zero-order chi connectivity index (χ0) is 20.2. The highest BCUT2D eigenvalue weighted by atomic mass is 28.2. The molecule has 0 atom stereocenters. The summed E-state index contributed by atoms with van der Waals surface area (Å²) in [6.45, 7) is 5.73. The lowest BCUT2D eigenvalue weighted by molar-refractivity contribution is -0.376. The molecule has 0 aliphatic rings. The van der Waals surface area contributed by atoms with E-state index < -0.39 is 65.4 Å². The number of hydrogen-bond donors (Lipinski definition) is 0. The van der Waals surface area contributed by atoms with Gasteiger partial charge in [-0.3, -0.25) is 0 Å². The van der Waals surface area contributed by atoms with E-state index in [1.54, 1.807) is 27.7 Å². The van der Waals surface area contributed by atoms with Crippen LogP contribution < -0.4 is 0 Å². The molecule has 1 rings (SSSR count). The van der Waals surface area contributed by atoms with Crippen LogP contribution in [0.2, 0.25) is 0 Å². The molecular weight excluding hydrogens is 383 g/mol. The van der Waals surface area contributed by atoms with Gasteiger partial charge in [-0.1, -0.05) is 0 Å². The number of carbonyl (C=O) groups excluding carboxylic acids is 1. The molecule has 0 saturated carbocycles. The molecule has 0 spiro atoms. The van der Waals surface area contributed by atoms with Gasteiger partial charge in [-0.15, -0.1) is 0 Å². The first-order valence-corrected chi connectivity index (χ1v) is 8.36. The van der Waals surface area contributed by atoms with Crippen molar-refractivity contribution in [2.45, 2.75) is 45.9 Å². The van der Waals surface area contributed by atoms with Crippen molar-refractivity contribution in [3.63, 3.8) is 0 Å². The van der Waals surface area contributed by atoms with Gasteiger partial charge in [0.25, 0.3) is 0 Å². The van der Waals surface area contributed by atoms with Crippen molar-refractivity contribution in [3.05, 3.63) is 34.6 Å². The van der Waals surface area contributed by atoms with Gasteiger partial charge in [-0.05, 0) is 27.7 Å². The largest absolute Gasteiger partial charge is 0.453 e. The Kier molecular flexibility index (Phi) is 7.68. The van der Waals surface area contributed by atoms with Crippen LogP contribution in [0, 0.1) is 29.1 Å². The molecule has 0 bridgehead atoms. The summed E-state index contributed by atoms with van der Waals surface area (Å²) in [5.74, 6) is -15.1. The Bertz CT molecular complexity index is 629. The number of halogens is 5. The van der Waals surface area contributed by atoms with Crippen molar-refractivity contribution in [3.8, 4) is 0 Å². The molecule has 1 aromatic carbocycles. The SMILES string of the molecule is CC(C)OC(COC(=O)c1c(F)c(F)c(F)c(F)c1F)(O[SiH3])OC(C)C. The fourth-order valence-corrected chi connectivity index (χ4v) is 2.29. The van der Waals surface area contributed by atoms with Gasteiger partial charge in [-0.2, -0.15) is 0 Å². The Morgan fingerprint density at radius 1 is 0.885 bits per heavy atom. The second-order valence-electron chi connectivity index (χ2n) is 5.74. The van der Waals surface area contributed by atoms with Crippen molar-refractivity contribution in [2.24, 2.45) is 0 Å². The van der Waals surface area contributed by atoms with Crippen LogP contribution in [0.5, 0.6) is 0 Å². The normalized spacial score (nSPS) is 12.3. The maximum atomic E-state index is 13.7. The fourth-order valence-electron chi connectivity index (χ4n) is 1.98. The summed E-state index contributed by atoms with van der Waals surface area (Å²) < 4.78 is 87.5. The van der Waals surface area contributed by atoms with Gasteiger partial charge in [0.1, 0.15) is 5.56 Å². The number of esters is 1. The lowest BCUT2D eigenvalue weighted by Crippen LogP contribution is -2.47. The minimum absolute atomic E-state index is 0.0708. The average molecular weight is 402 g/mol. The quantitative estimate of drug-likeness (QED) is 0.167. The molecule has 0 heterocycles. The van der Waals surface area contributed by atoms with Gasteiger partial charge < -0.3 is 18.6 Å². The molecule has 11 heteroatoms. The highest BCUT2D eigenvalue weighted by Crippen LogP contribution is 2.25. The van der Waals surface area contributed by atoms with Crippen molar-refractivity contribution in [1.29, 1.82) is 0 Å². The van der Waals surface area contributed by atoms with Gasteiger partial charge in [-0.25, -0.2) is 26.7 Å². The smallest absolute Gasteiger partial charge is 0.344 e. The standard InChI is InChI=1S/C15H19F5O5Si/c1-6(2)23-15(25-26,24-7(3)4)5-22-14(21)8-9(16)11(18)13(20)12(19)10(8)17/h6-7H,5H2,1-4,26H3. The molecule has 0 aromatic heterocycles. The highest BCUT2D eigenvalue weighted by Gasteiger charge is 2.38. The van der Waals surface area contributed by atoms with E-state index in [1.165, 1.54) is 0 Å². The Morgan fingerprint density at radius 3 is 1.62 bits per heavy atom. The summed E-state index contributed by atoms with van der Waals surface area (Å²) in [6.07, 6.45) is -0.897. The van der Waals surface area contributed by atoms with Crippen molar-refractivity contribution in [1.82, 2.24) is 0 Å². The molecule has 0 fully saturated rings. The van der Waals surface area contributed by atoms with E-state index in [-0.39, 0.29) is 10.5 Å². The van der Waals surface area contributed by atoms with Gasteiger partial charge >= 0.3 is 11.9 Å². The second-order valence-corrected chi connectivity index (χ2v) is 6.15. The molecular formula is C15H19F5O5Si. The molecule has 5 nitrogen and oxygen atoms in total. The minimum Gasteiger partial charge on any atom is -0.453 e. The third-order valence-electron chi connectivity index (χ3n) is 2.94. The van der Waals surface area contributed by atoms with E-state index in [9.17, 15) is 26.7 Å². The molecule has 148 valence electrons. The first-order valence-electron chi connectivity index (χ1n) is 7.55. The topological polar surface area (TPSA) is 54.0 Å². The summed E-state index contributed by atoms with van der Waals surface area (Å²) in [6, 6.07) is 0. The van der Waals surface area contributed by atoms with E-state index in [2.05, 4.69) is 4.74 Å². The number of hydrogen-bond acceptors (Lipinski definition) is 5. The van der Waals surface area contributed by atoms with Crippen LogP contribution in [0.3, 0.4) is 0 Å². The van der Waals surface area contributed by atoms with Crippen LogP contribution >= 0.6 is 0 Å². The first-order chi connectivity index (χ1) is 12.0. The van der Waals surface area contributed by atoms with Crippen LogP contribution in [0.1, 0.15) is 38.1 Å². The molecule has 1 aromatic rings.